The van der Waals surface area contributed by atoms with Crippen LogP contribution in [0.1, 0.15) is 64.2 Å². The largest absolute Gasteiger partial charge is 0.340 e. The van der Waals surface area contributed by atoms with E-state index in [1.165, 1.54) is 64.5 Å². The quantitative estimate of drug-likeness (QED) is 0.853. The number of likely N-dealkylation sites (tertiary alicyclic amines) is 2. The Morgan fingerprint density at radius 2 is 1.65 bits per heavy atom. The van der Waals surface area contributed by atoms with Crippen LogP contribution in [-0.4, -0.2) is 54.0 Å². The van der Waals surface area contributed by atoms with Gasteiger partial charge in [0.1, 0.15) is 0 Å². The van der Waals surface area contributed by atoms with Crippen molar-refractivity contribution in [3.8, 4) is 0 Å². The van der Waals surface area contributed by atoms with E-state index in [2.05, 4.69) is 9.80 Å². The number of halogens is 1. The summed E-state index contributed by atoms with van der Waals surface area (Å²) in [6.45, 7) is 4.28. The second kappa shape index (κ2) is 9.24. The number of rotatable bonds is 4. The number of hydrogen-bond donors (Lipinski definition) is 1. The third-order valence-electron chi connectivity index (χ3n) is 5.99. The van der Waals surface area contributed by atoms with Crippen LogP contribution >= 0.6 is 12.4 Å². The molecule has 2 unspecified atom stereocenters. The van der Waals surface area contributed by atoms with Crippen molar-refractivity contribution in [1.82, 2.24) is 9.80 Å². The molecule has 0 aromatic carbocycles. The van der Waals surface area contributed by atoms with Gasteiger partial charge in [0.05, 0.1) is 6.04 Å². The molecule has 0 bridgehead atoms. The Labute approximate surface area is 147 Å². The minimum Gasteiger partial charge on any atom is -0.340 e. The van der Waals surface area contributed by atoms with Gasteiger partial charge < -0.3 is 10.6 Å². The van der Waals surface area contributed by atoms with Crippen molar-refractivity contribution in [1.29, 1.82) is 0 Å². The van der Waals surface area contributed by atoms with Crippen LogP contribution in [0.25, 0.3) is 0 Å². The first-order valence-electron chi connectivity index (χ1n) is 9.52. The Hall–Kier alpha value is -0.320. The van der Waals surface area contributed by atoms with Gasteiger partial charge in [0, 0.05) is 19.1 Å². The molecule has 134 valence electrons. The van der Waals surface area contributed by atoms with Gasteiger partial charge >= 0.3 is 0 Å². The molecular weight excluding hydrogens is 310 g/mol. The molecule has 1 amide bonds. The maximum atomic E-state index is 12.7. The summed E-state index contributed by atoms with van der Waals surface area (Å²) >= 11 is 0. The lowest BCUT2D eigenvalue weighted by Crippen LogP contribution is -2.53. The zero-order chi connectivity index (χ0) is 15.4. The van der Waals surface area contributed by atoms with Crippen LogP contribution in [0.15, 0.2) is 0 Å². The third kappa shape index (κ3) is 5.07. The summed E-state index contributed by atoms with van der Waals surface area (Å²) in [5, 5.41) is 0. The molecule has 0 radical (unpaired) electrons. The normalized spacial score (nSPS) is 28.4. The number of piperidine rings is 1. The van der Waals surface area contributed by atoms with Crippen LogP contribution in [0.3, 0.4) is 0 Å². The number of hydrogen-bond acceptors (Lipinski definition) is 3. The molecule has 2 heterocycles. The van der Waals surface area contributed by atoms with Crippen molar-refractivity contribution in [3.05, 3.63) is 0 Å². The number of nitrogens with two attached hydrogens (primary N) is 1. The molecule has 2 N–H and O–H groups in total. The second-order valence-corrected chi connectivity index (χ2v) is 7.67. The average molecular weight is 344 g/mol. The number of carbonyl (C=O) groups is 1. The monoisotopic (exact) mass is 343 g/mol. The van der Waals surface area contributed by atoms with Crippen LogP contribution < -0.4 is 5.73 Å². The van der Waals surface area contributed by atoms with Crippen molar-refractivity contribution in [3.63, 3.8) is 0 Å². The van der Waals surface area contributed by atoms with E-state index in [0.29, 0.717) is 12.0 Å². The summed E-state index contributed by atoms with van der Waals surface area (Å²) in [4.78, 5) is 17.4. The first-order chi connectivity index (χ1) is 10.7. The zero-order valence-electron chi connectivity index (χ0n) is 14.4. The van der Waals surface area contributed by atoms with E-state index < -0.39 is 0 Å². The summed E-state index contributed by atoms with van der Waals surface area (Å²) in [5.41, 5.74) is 6.27. The maximum Gasteiger partial charge on any atom is 0.239 e. The Bertz CT molecular complexity index is 367. The minimum atomic E-state index is -0.263. The van der Waals surface area contributed by atoms with E-state index >= 15 is 0 Å². The van der Waals surface area contributed by atoms with Gasteiger partial charge in [-0.3, -0.25) is 9.69 Å². The maximum absolute atomic E-state index is 12.7. The molecule has 3 rings (SSSR count). The highest BCUT2D eigenvalue weighted by Crippen LogP contribution is 2.28. The van der Waals surface area contributed by atoms with Crippen LogP contribution in [0.4, 0.5) is 0 Å². The molecule has 3 fully saturated rings. The fourth-order valence-corrected chi connectivity index (χ4v) is 4.68. The molecule has 1 saturated carbocycles. The van der Waals surface area contributed by atoms with Crippen molar-refractivity contribution >= 4 is 18.3 Å². The Morgan fingerprint density at radius 1 is 0.957 bits per heavy atom. The molecule has 2 atom stereocenters. The molecule has 5 heteroatoms. The Balaban J connectivity index is 0.00000192. The molecule has 2 aliphatic heterocycles. The van der Waals surface area contributed by atoms with Gasteiger partial charge in [-0.15, -0.1) is 12.4 Å². The molecule has 1 aliphatic carbocycles. The van der Waals surface area contributed by atoms with Gasteiger partial charge in [-0.2, -0.15) is 0 Å². The molecular formula is C18H34ClN3O. The lowest BCUT2D eigenvalue weighted by Gasteiger charge is -2.39. The van der Waals surface area contributed by atoms with Crippen LogP contribution in [-0.2, 0) is 4.79 Å². The molecule has 0 spiro atoms. The molecule has 3 aliphatic rings. The van der Waals surface area contributed by atoms with E-state index in [4.69, 9.17) is 5.73 Å². The summed E-state index contributed by atoms with van der Waals surface area (Å²) < 4.78 is 0. The third-order valence-corrected chi connectivity index (χ3v) is 5.99. The van der Waals surface area contributed by atoms with E-state index in [9.17, 15) is 4.79 Å². The highest BCUT2D eigenvalue weighted by Gasteiger charge is 2.32. The van der Waals surface area contributed by atoms with Crippen molar-refractivity contribution < 1.29 is 4.79 Å². The molecule has 0 aromatic rings. The first kappa shape index (κ1) is 19.0. The fraction of sp³-hybridized carbons (Fsp3) is 0.944. The fourth-order valence-electron chi connectivity index (χ4n) is 4.68. The van der Waals surface area contributed by atoms with Crippen molar-refractivity contribution in [2.45, 2.75) is 76.3 Å². The van der Waals surface area contributed by atoms with E-state index in [1.807, 2.05) is 0 Å². The van der Waals surface area contributed by atoms with Crippen molar-refractivity contribution in [2.24, 2.45) is 11.7 Å². The predicted molar refractivity (Wildman–Crippen MR) is 96.8 cm³/mol. The predicted octanol–water partition coefficient (Wildman–Crippen LogP) is 2.79. The number of amides is 1. The lowest BCUT2D eigenvalue weighted by atomic mass is 9.84. The lowest BCUT2D eigenvalue weighted by molar-refractivity contribution is -0.135. The van der Waals surface area contributed by atoms with E-state index in [-0.39, 0.29) is 24.4 Å². The highest BCUT2D eigenvalue weighted by molar-refractivity contribution is 5.85. The highest BCUT2D eigenvalue weighted by atomic mass is 35.5. The standard InChI is InChI=1S/C18H33N3O.ClH/c19-17(13-15-7-2-1-3-8-15)18(22)21-12-6-9-16(14-21)20-10-4-5-11-20;/h15-17H,1-14,19H2;1H. The van der Waals surface area contributed by atoms with Gasteiger partial charge in [-0.25, -0.2) is 0 Å². The summed E-state index contributed by atoms with van der Waals surface area (Å²) in [5.74, 6) is 0.904. The zero-order valence-corrected chi connectivity index (χ0v) is 15.2. The topological polar surface area (TPSA) is 49.6 Å². The SMILES string of the molecule is Cl.NC(CC1CCCCC1)C(=O)N1CCCC(N2CCCC2)C1. The summed E-state index contributed by atoms with van der Waals surface area (Å²) in [6.07, 6.45) is 12.5. The molecule has 0 aromatic heterocycles. The van der Waals surface area contributed by atoms with Gasteiger partial charge in [-0.1, -0.05) is 32.1 Å². The van der Waals surface area contributed by atoms with Crippen molar-refractivity contribution in [2.75, 3.05) is 26.2 Å². The Kier molecular flexibility index (Phi) is 7.64. The average Bonchev–Trinajstić information content (AvgIpc) is 3.10. The number of nitrogens with zero attached hydrogens (tertiary/aromatic N) is 2. The minimum absolute atomic E-state index is 0. The number of carbonyl (C=O) groups excluding carboxylic acids is 1. The smallest absolute Gasteiger partial charge is 0.239 e. The van der Waals surface area contributed by atoms with Gasteiger partial charge in [-0.05, 0) is 51.1 Å². The van der Waals surface area contributed by atoms with Crippen LogP contribution in [0, 0.1) is 5.92 Å². The summed E-state index contributed by atoms with van der Waals surface area (Å²) in [7, 11) is 0. The second-order valence-electron chi connectivity index (χ2n) is 7.67. The van der Waals surface area contributed by atoms with E-state index in [1.54, 1.807) is 0 Å². The van der Waals surface area contributed by atoms with Crippen LogP contribution in [0.2, 0.25) is 0 Å². The summed E-state index contributed by atoms with van der Waals surface area (Å²) in [6, 6.07) is 0.322. The van der Waals surface area contributed by atoms with Crippen LogP contribution in [0.5, 0.6) is 0 Å². The first-order valence-corrected chi connectivity index (χ1v) is 9.52. The molecule has 2 saturated heterocycles. The molecule has 4 nitrogen and oxygen atoms in total. The molecule has 23 heavy (non-hydrogen) atoms. The van der Waals surface area contributed by atoms with Gasteiger partial charge in [0.25, 0.3) is 0 Å². The van der Waals surface area contributed by atoms with Gasteiger partial charge in [0.15, 0.2) is 0 Å². The Morgan fingerprint density at radius 3 is 2.35 bits per heavy atom. The van der Waals surface area contributed by atoms with E-state index in [0.717, 1.165) is 25.9 Å². The van der Waals surface area contributed by atoms with Gasteiger partial charge in [0.2, 0.25) is 5.91 Å².